The Bertz CT molecular complexity index is 1440. The van der Waals surface area contributed by atoms with Gasteiger partial charge in [-0.3, -0.25) is 19.9 Å². The van der Waals surface area contributed by atoms with E-state index in [-0.39, 0.29) is 11.3 Å². The molecule has 0 heterocycles. The predicted octanol–water partition coefficient (Wildman–Crippen LogP) is 5.89. The summed E-state index contributed by atoms with van der Waals surface area (Å²) in [5.74, 6) is -0.302. The molecule has 6 heteroatoms. The number of hydrazine groups is 1. The molecule has 2 N–H and O–H groups in total. The lowest BCUT2D eigenvalue weighted by Gasteiger charge is -2.22. The number of rotatable bonds is 6. The summed E-state index contributed by atoms with van der Waals surface area (Å²) in [4.78, 5) is 29.9. The summed E-state index contributed by atoms with van der Waals surface area (Å²) >= 11 is 5.69. The molecule has 170 valence electrons. The van der Waals surface area contributed by atoms with Gasteiger partial charge >= 0.3 is 0 Å². The number of fused-ring (bicyclic) bond motifs is 4. The smallest absolute Gasteiger partial charge is 0.267 e. The Morgan fingerprint density at radius 2 is 1.50 bits per heavy atom. The van der Waals surface area contributed by atoms with Gasteiger partial charge in [-0.2, -0.15) is 0 Å². The first-order valence-electron chi connectivity index (χ1n) is 11.0. The molecule has 5 nitrogen and oxygen atoms in total. The van der Waals surface area contributed by atoms with Gasteiger partial charge in [-0.1, -0.05) is 68.4 Å². The summed E-state index contributed by atoms with van der Waals surface area (Å²) in [6.45, 7) is 4.45. The monoisotopic (exact) mass is 470 g/mol. The Morgan fingerprint density at radius 3 is 2.24 bits per heavy atom. The molecule has 0 spiro atoms. The van der Waals surface area contributed by atoms with Gasteiger partial charge in [0.25, 0.3) is 11.1 Å². The third kappa shape index (κ3) is 3.88. The average Bonchev–Trinajstić information content (AvgIpc) is 3.07. The standard InChI is InChI=1S/C28H23ClN2O3/c1-28(2)24-14-18(26(29)32)10-12-22(24)23-13-11-19(15-25(23)28)27(33)30-31-34-16-20-8-5-7-17-6-3-4-9-21(17)20/h3-15,31H,16H2,1-2H3,(H,30,33). The number of halogens is 1. The van der Waals surface area contributed by atoms with Crippen molar-refractivity contribution in [3.63, 3.8) is 0 Å². The first-order chi connectivity index (χ1) is 16.4. The van der Waals surface area contributed by atoms with Gasteiger partial charge in [0.2, 0.25) is 0 Å². The van der Waals surface area contributed by atoms with Crippen LogP contribution in [0.25, 0.3) is 21.9 Å². The van der Waals surface area contributed by atoms with Crippen molar-refractivity contribution >= 4 is 33.5 Å². The molecule has 0 saturated heterocycles. The number of nitrogens with one attached hydrogen (secondary N) is 2. The van der Waals surface area contributed by atoms with Crippen molar-refractivity contribution in [3.05, 3.63) is 107 Å². The fourth-order valence-electron chi connectivity index (χ4n) is 4.69. The fraction of sp³-hybridized carbons (Fsp3) is 0.143. The maximum Gasteiger partial charge on any atom is 0.267 e. The van der Waals surface area contributed by atoms with Gasteiger partial charge in [-0.05, 0) is 74.5 Å². The molecule has 0 fully saturated rings. The third-order valence-corrected chi connectivity index (χ3v) is 6.73. The van der Waals surface area contributed by atoms with Crippen molar-refractivity contribution in [3.8, 4) is 11.1 Å². The van der Waals surface area contributed by atoms with Crippen molar-refractivity contribution in [2.24, 2.45) is 0 Å². The molecule has 0 saturated carbocycles. The van der Waals surface area contributed by atoms with Gasteiger partial charge in [-0.25, -0.2) is 0 Å². The molecular formula is C28H23ClN2O3. The molecule has 0 aliphatic heterocycles. The minimum absolute atomic E-state index is 0.301. The quantitative estimate of drug-likeness (QED) is 0.209. The number of hydrogen-bond donors (Lipinski definition) is 2. The van der Waals surface area contributed by atoms with Crippen LogP contribution in [0.5, 0.6) is 0 Å². The second kappa shape index (κ2) is 8.69. The van der Waals surface area contributed by atoms with Crippen LogP contribution in [0.2, 0.25) is 0 Å². The van der Waals surface area contributed by atoms with Crippen LogP contribution in [0.3, 0.4) is 0 Å². The summed E-state index contributed by atoms with van der Waals surface area (Å²) in [7, 11) is 0. The van der Waals surface area contributed by atoms with E-state index in [1.165, 1.54) is 0 Å². The molecule has 34 heavy (non-hydrogen) atoms. The zero-order valence-electron chi connectivity index (χ0n) is 18.8. The number of hydrogen-bond acceptors (Lipinski definition) is 4. The molecular weight excluding hydrogens is 448 g/mol. The Balaban J connectivity index is 1.28. The summed E-state index contributed by atoms with van der Waals surface area (Å²) in [5, 5.41) is 1.76. The van der Waals surface area contributed by atoms with Gasteiger partial charge < -0.3 is 0 Å². The average molecular weight is 471 g/mol. The maximum absolute atomic E-state index is 12.8. The Labute approximate surface area is 202 Å². The highest BCUT2D eigenvalue weighted by molar-refractivity contribution is 6.67. The van der Waals surface area contributed by atoms with Crippen LogP contribution in [0.15, 0.2) is 78.9 Å². The van der Waals surface area contributed by atoms with Gasteiger partial charge in [0.1, 0.15) is 0 Å². The van der Waals surface area contributed by atoms with Crippen LogP contribution in [0, 0.1) is 0 Å². The molecule has 1 amide bonds. The van der Waals surface area contributed by atoms with E-state index >= 15 is 0 Å². The van der Waals surface area contributed by atoms with E-state index in [0.29, 0.717) is 17.7 Å². The highest BCUT2D eigenvalue weighted by atomic mass is 35.5. The lowest BCUT2D eigenvalue weighted by molar-refractivity contribution is 0.00115. The molecule has 0 unspecified atom stereocenters. The predicted molar refractivity (Wildman–Crippen MR) is 134 cm³/mol. The van der Waals surface area contributed by atoms with E-state index in [9.17, 15) is 9.59 Å². The van der Waals surface area contributed by atoms with Crippen LogP contribution in [0.1, 0.15) is 51.3 Å². The second-order valence-corrected chi connectivity index (χ2v) is 9.25. The lowest BCUT2D eigenvalue weighted by atomic mass is 9.81. The van der Waals surface area contributed by atoms with E-state index in [2.05, 4.69) is 37.0 Å². The normalized spacial score (nSPS) is 13.4. The van der Waals surface area contributed by atoms with Crippen molar-refractivity contribution in [1.82, 2.24) is 11.0 Å². The molecule has 4 aromatic rings. The van der Waals surface area contributed by atoms with Gasteiger partial charge in [0.15, 0.2) is 0 Å². The molecule has 1 aliphatic carbocycles. The van der Waals surface area contributed by atoms with E-state index in [0.717, 1.165) is 38.6 Å². The Hall–Kier alpha value is -3.51. The zero-order chi connectivity index (χ0) is 23.9. The Morgan fingerprint density at radius 1 is 0.853 bits per heavy atom. The molecule has 5 rings (SSSR count). The minimum Gasteiger partial charge on any atom is -0.277 e. The summed E-state index contributed by atoms with van der Waals surface area (Å²) in [6.07, 6.45) is 0. The molecule has 0 atom stereocenters. The highest BCUT2D eigenvalue weighted by Crippen LogP contribution is 2.49. The van der Waals surface area contributed by atoms with E-state index < -0.39 is 5.24 Å². The largest absolute Gasteiger partial charge is 0.277 e. The Kier molecular flexibility index (Phi) is 5.70. The maximum atomic E-state index is 12.8. The molecule has 0 bridgehead atoms. The molecule has 0 aromatic heterocycles. The number of carbonyl (C=O) groups excluding carboxylic acids is 2. The van der Waals surface area contributed by atoms with Crippen LogP contribution in [-0.2, 0) is 16.9 Å². The van der Waals surface area contributed by atoms with Crippen LogP contribution in [0.4, 0.5) is 0 Å². The van der Waals surface area contributed by atoms with Crippen LogP contribution in [-0.4, -0.2) is 11.1 Å². The van der Waals surface area contributed by atoms with Gasteiger partial charge in [0.05, 0.1) is 6.61 Å². The number of amides is 1. The SMILES string of the molecule is CC1(C)c2cc(C(=O)Cl)ccc2-c2ccc(C(=O)NNOCc3cccc4ccccc34)cc21. The topological polar surface area (TPSA) is 67.4 Å². The van der Waals surface area contributed by atoms with E-state index in [1.807, 2.05) is 54.6 Å². The second-order valence-electron chi connectivity index (χ2n) is 8.90. The number of carbonyl (C=O) groups is 2. The summed E-state index contributed by atoms with van der Waals surface area (Å²) in [6, 6.07) is 25.2. The molecule has 1 aliphatic rings. The fourth-order valence-corrected chi connectivity index (χ4v) is 4.81. The van der Waals surface area contributed by atoms with Crippen molar-refractivity contribution in [2.75, 3.05) is 0 Å². The van der Waals surface area contributed by atoms with E-state index in [1.54, 1.807) is 12.1 Å². The van der Waals surface area contributed by atoms with Crippen molar-refractivity contribution in [2.45, 2.75) is 25.9 Å². The third-order valence-electron chi connectivity index (χ3n) is 6.51. The summed E-state index contributed by atoms with van der Waals surface area (Å²) in [5.41, 5.74) is 10.9. The zero-order valence-corrected chi connectivity index (χ0v) is 19.6. The lowest BCUT2D eigenvalue weighted by Crippen LogP contribution is -2.37. The van der Waals surface area contributed by atoms with Crippen LogP contribution < -0.4 is 11.0 Å². The highest BCUT2D eigenvalue weighted by Gasteiger charge is 2.36. The van der Waals surface area contributed by atoms with E-state index in [4.69, 9.17) is 16.4 Å². The molecule has 4 aromatic carbocycles. The van der Waals surface area contributed by atoms with Crippen LogP contribution >= 0.6 is 11.6 Å². The van der Waals surface area contributed by atoms with Crippen molar-refractivity contribution in [1.29, 1.82) is 0 Å². The summed E-state index contributed by atoms with van der Waals surface area (Å²) < 4.78 is 0. The molecule has 0 radical (unpaired) electrons. The van der Waals surface area contributed by atoms with Crippen molar-refractivity contribution < 1.29 is 14.4 Å². The van der Waals surface area contributed by atoms with Gasteiger partial charge in [-0.15, -0.1) is 5.59 Å². The minimum atomic E-state index is -0.482. The van der Waals surface area contributed by atoms with Gasteiger partial charge in [0, 0.05) is 16.5 Å². The first-order valence-corrected chi connectivity index (χ1v) is 11.4. The first kappa shape index (κ1) is 22.3. The number of benzene rings is 4.